The number of carbonyl (C=O) groups is 2. The van der Waals surface area contributed by atoms with E-state index in [-0.39, 0.29) is 24.3 Å². The number of hydrogen-bond donors (Lipinski definition) is 2. The molecule has 110 valence electrons. The number of imide groups is 1. The lowest BCUT2D eigenvalue weighted by molar-refractivity contribution is -0.121. The summed E-state index contributed by atoms with van der Waals surface area (Å²) in [5, 5.41) is 4.72. The standard InChI is InChI=1S/C14H20FN3O2/c1-4-16-14(20)17-13(19)9-18(3)10(2)11-5-7-12(15)8-6-11/h5-8,10H,4,9H2,1-3H3,(H2,16,17,19,20). The fourth-order valence-electron chi connectivity index (χ4n) is 1.73. The Labute approximate surface area is 118 Å². The van der Waals surface area contributed by atoms with Crippen molar-refractivity contribution in [1.29, 1.82) is 0 Å². The summed E-state index contributed by atoms with van der Waals surface area (Å²) in [6.07, 6.45) is 0. The van der Waals surface area contributed by atoms with Crippen LogP contribution in [0.2, 0.25) is 0 Å². The van der Waals surface area contributed by atoms with Gasteiger partial charge in [0, 0.05) is 12.6 Å². The molecule has 1 aromatic carbocycles. The number of nitrogens with one attached hydrogen (secondary N) is 2. The first kappa shape index (κ1) is 16.1. The molecule has 6 heteroatoms. The highest BCUT2D eigenvalue weighted by Gasteiger charge is 2.16. The van der Waals surface area contributed by atoms with Crippen LogP contribution < -0.4 is 10.6 Å². The molecule has 0 heterocycles. The van der Waals surface area contributed by atoms with E-state index in [1.54, 1.807) is 31.0 Å². The minimum absolute atomic E-state index is 0.0596. The molecule has 0 radical (unpaired) electrons. The molecule has 1 aromatic rings. The van der Waals surface area contributed by atoms with Crippen LogP contribution in [0.3, 0.4) is 0 Å². The van der Waals surface area contributed by atoms with Crippen LogP contribution in [0.4, 0.5) is 9.18 Å². The van der Waals surface area contributed by atoms with Gasteiger partial charge in [0.1, 0.15) is 5.82 Å². The van der Waals surface area contributed by atoms with Crippen molar-refractivity contribution >= 4 is 11.9 Å². The van der Waals surface area contributed by atoms with E-state index in [1.807, 2.05) is 6.92 Å². The molecule has 1 rings (SSSR count). The molecule has 0 spiro atoms. The molecule has 1 unspecified atom stereocenters. The summed E-state index contributed by atoms with van der Waals surface area (Å²) in [6.45, 7) is 4.22. The molecule has 3 amide bonds. The second-order valence-corrected chi connectivity index (χ2v) is 4.55. The molecule has 20 heavy (non-hydrogen) atoms. The monoisotopic (exact) mass is 281 g/mol. The van der Waals surface area contributed by atoms with Gasteiger partial charge in [-0.05, 0) is 38.6 Å². The fourth-order valence-corrected chi connectivity index (χ4v) is 1.73. The Balaban J connectivity index is 2.53. The predicted octanol–water partition coefficient (Wildman–Crippen LogP) is 1.66. The topological polar surface area (TPSA) is 61.4 Å². The fraction of sp³-hybridized carbons (Fsp3) is 0.429. The normalized spacial score (nSPS) is 12.1. The van der Waals surface area contributed by atoms with E-state index in [2.05, 4.69) is 10.6 Å². The Kier molecular flexibility index (Phi) is 6.11. The molecular weight excluding hydrogens is 261 g/mol. The van der Waals surface area contributed by atoms with Crippen molar-refractivity contribution in [2.45, 2.75) is 19.9 Å². The van der Waals surface area contributed by atoms with Gasteiger partial charge < -0.3 is 5.32 Å². The summed E-state index contributed by atoms with van der Waals surface area (Å²) in [6, 6.07) is 5.56. The third kappa shape index (κ3) is 4.97. The molecule has 0 aliphatic heterocycles. The maximum atomic E-state index is 12.9. The number of benzene rings is 1. The summed E-state index contributed by atoms with van der Waals surface area (Å²) in [7, 11) is 1.77. The zero-order valence-corrected chi connectivity index (χ0v) is 11.9. The van der Waals surface area contributed by atoms with Crippen LogP contribution >= 0.6 is 0 Å². The predicted molar refractivity (Wildman–Crippen MR) is 74.7 cm³/mol. The highest BCUT2D eigenvalue weighted by atomic mass is 19.1. The zero-order chi connectivity index (χ0) is 15.1. The Hall–Kier alpha value is -1.95. The highest BCUT2D eigenvalue weighted by Crippen LogP contribution is 2.18. The Bertz CT molecular complexity index is 462. The minimum Gasteiger partial charge on any atom is -0.338 e. The van der Waals surface area contributed by atoms with Gasteiger partial charge in [-0.2, -0.15) is 0 Å². The smallest absolute Gasteiger partial charge is 0.321 e. The number of nitrogens with zero attached hydrogens (tertiary/aromatic N) is 1. The molecule has 2 N–H and O–H groups in total. The molecule has 1 atom stereocenters. The van der Waals surface area contributed by atoms with Crippen LogP contribution in [0.15, 0.2) is 24.3 Å². The van der Waals surface area contributed by atoms with Crippen molar-refractivity contribution in [1.82, 2.24) is 15.5 Å². The molecule has 0 fully saturated rings. The van der Waals surface area contributed by atoms with E-state index in [4.69, 9.17) is 0 Å². The van der Waals surface area contributed by atoms with Crippen molar-refractivity contribution < 1.29 is 14.0 Å². The molecule has 0 saturated carbocycles. The summed E-state index contributed by atoms with van der Waals surface area (Å²) >= 11 is 0. The molecule has 0 aliphatic carbocycles. The lowest BCUT2D eigenvalue weighted by atomic mass is 10.1. The van der Waals surface area contributed by atoms with Crippen molar-refractivity contribution in [3.8, 4) is 0 Å². The van der Waals surface area contributed by atoms with Crippen LogP contribution in [0.1, 0.15) is 25.5 Å². The van der Waals surface area contributed by atoms with E-state index in [1.165, 1.54) is 12.1 Å². The number of hydrogen-bond acceptors (Lipinski definition) is 3. The van der Waals surface area contributed by atoms with Crippen LogP contribution in [-0.2, 0) is 4.79 Å². The number of amides is 3. The summed E-state index contributed by atoms with van der Waals surface area (Å²) in [5.74, 6) is -0.676. The number of rotatable bonds is 5. The largest absolute Gasteiger partial charge is 0.338 e. The quantitative estimate of drug-likeness (QED) is 0.863. The number of halogens is 1. The summed E-state index contributed by atoms with van der Waals surface area (Å²) in [5.41, 5.74) is 0.903. The van der Waals surface area contributed by atoms with E-state index in [9.17, 15) is 14.0 Å². The number of likely N-dealkylation sites (N-methyl/N-ethyl adjacent to an activating group) is 1. The Morgan fingerprint density at radius 3 is 2.45 bits per heavy atom. The van der Waals surface area contributed by atoms with Gasteiger partial charge in [-0.25, -0.2) is 9.18 Å². The number of carbonyl (C=O) groups excluding carboxylic acids is 2. The first-order valence-corrected chi connectivity index (χ1v) is 6.47. The first-order valence-electron chi connectivity index (χ1n) is 6.47. The lowest BCUT2D eigenvalue weighted by Gasteiger charge is -2.24. The molecule has 0 aliphatic rings. The van der Waals surface area contributed by atoms with Gasteiger partial charge in [-0.15, -0.1) is 0 Å². The molecular formula is C14H20FN3O2. The van der Waals surface area contributed by atoms with E-state index >= 15 is 0 Å². The van der Waals surface area contributed by atoms with Gasteiger partial charge in [0.15, 0.2) is 0 Å². The Morgan fingerprint density at radius 2 is 1.90 bits per heavy atom. The first-order chi connectivity index (χ1) is 9.43. The lowest BCUT2D eigenvalue weighted by Crippen LogP contribution is -2.44. The van der Waals surface area contributed by atoms with Gasteiger partial charge >= 0.3 is 6.03 Å². The maximum Gasteiger partial charge on any atom is 0.321 e. The second-order valence-electron chi connectivity index (χ2n) is 4.55. The van der Waals surface area contributed by atoms with Gasteiger partial charge in [0.2, 0.25) is 5.91 Å². The van der Waals surface area contributed by atoms with Crippen LogP contribution in [0.25, 0.3) is 0 Å². The van der Waals surface area contributed by atoms with Gasteiger partial charge in [0.05, 0.1) is 6.54 Å². The van der Waals surface area contributed by atoms with Crippen molar-refractivity contribution in [3.05, 3.63) is 35.6 Å². The average molecular weight is 281 g/mol. The van der Waals surface area contributed by atoms with Crippen LogP contribution in [0, 0.1) is 5.82 Å². The SMILES string of the molecule is CCNC(=O)NC(=O)CN(C)C(C)c1ccc(F)cc1. The number of urea groups is 1. The molecule has 0 saturated heterocycles. The van der Waals surface area contributed by atoms with Gasteiger partial charge in [-0.1, -0.05) is 12.1 Å². The molecule has 0 bridgehead atoms. The van der Waals surface area contributed by atoms with Crippen molar-refractivity contribution in [3.63, 3.8) is 0 Å². The van der Waals surface area contributed by atoms with Gasteiger partial charge in [-0.3, -0.25) is 15.0 Å². The second kappa shape index (κ2) is 7.59. The minimum atomic E-state index is -0.500. The maximum absolute atomic E-state index is 12.9. The van der Waals surface area contributed by atoms with E-state index in [0.29, 0.717) is 6.54 Å². The molecule has 5 nitrogen and oxygen atoms in total. The zero-order valence-electron chi connectivity index (χ0n) is 11.9. The van der Waals surface area contributed by atoms with E-state index in [0.717, 1.165) is 5.56 Å². The highest BCUT2D eigenvalue weighted by molar-refractivity contribution is 5.95. The molecule has 0 aromatic heterocycles. The van der Waals surface area contributed by atoms with Crippen molar-refractivity contribution in [2.75, 3.05) is 20.1 Å². The Morgan fingerprint density at radius 1 is 1.30 bits per heavy atom. The van der Waals surface area contributed by atoms with Crippen LogP contribution in [0.5, 0.6) is 0 Å². The van der Waals surface area contributed by atoms with Crippen LogP contribution in [-0.4, -0.2) is 37.0 Å². The van der Waals surface area contributed by atoms with Crippen molar-refractivity contribution in [2.24, 2.45) is 0 Å². The third-order valence-corrected chi connectivity index (χ3v) is 3.00. The summed E-state index contributed by atoms with van der Waals surface area (Å²) < 4.78 is 12.9. The third-order valence-electron chi connectivity index (χ3n) is 3.00. The average Bonchev–Trinajstić information content (AvgIpc) is 2.38. The van der Waals surface area contributed by atoms with E-state index < -0.39 is 6.03 Å². The van der Waals surface area contributed by atoms with Gasteiger partial charge in [0.25, 0.3) is 0 Å². The summed E-state index contributed by atoms with van der Waals surface area (Å²) in [4.78, 5) is 24.6.